The van der Waals surface area contributed by atoms with Crippen LogP contribution in [0.2, 0.25) is 0 Å². The van der Waals surface area contributed by atoms with Crippen LogP contribution in [0.25, 0.3) is 0 Å². The molecule has 2 saturated heterocycles. The zero-order valence-electron chi connectivity index (χ0n) is 12.8. The molecule has 1 aromatic rings. The maximum absolute atomic E-state index is 11.9. The predicted molar refractivity (Wildman–Crippen MR) is 76.2 cm³/mol. The zero-order chi connectivity index (χ0) is 15.9. The third kappa shape index (κ3) is 3.01. The lowest BCUT2D eigenvalue weighted by Crippen LogP contribution is -2.37. The second-order valence-electron chi connectivity index (χ2n) is 6.10. The van der Waals surface area contributed by atoms with Crippen LogP contribution in [-0.2, 0) is 18.9 Å². The molecule has 2 aliphatic heterocycles. The van der Waals surface area contributed by atoms with Gasteiger partial charge >= 0.3 is 5.97 Å². The van der Waals surface area contributed by atoms with E-state index < -0.39 is 36.4 Å². The van der Waals surface area contributed by atoms with Gasteiger partial charge in [0.2, 0.25) is 0 Å². The largest absolute Gasteiger partial charge is 0.459 e. The van der Waals surface area contributed by atoms with Gasteiger partial charge in [0, 0.05) is 0 Å². The van der Waals surface area contributed by atoms with Crippen molar-refractivity contribution in [3.05, 3.63) is 35.4 Å². The SMILES string of the molecule is Cc1ccc(C(=O)OC[C@H]2O[C@H]3OC(C)(C)O[C@@H]3[C@H]2O)cc1. The van der Waals surface area contributed by atoms with Crippen molar-refractivity contribution in [1.82, 2.24) is 0 Å². The summed E-state index contributed by atoms with van der Waals surface area (Å²) in [5.74, 6) is -1.23. The summed E-state index contributed by atoms with van der Waals surface area (Å²) < 4.78 is 21.9. The molecule has 1 N–H and O–H groups in total. The minimum absolute atomic E-state index is 0.0476. The average Bonchev–Trinajstić information content (AvgIpc) is 2.91. The van der Waals surface area contributed by atoms with E-state index in [1.165, 1.54) is 0 Å². The second-order valence-corrected chi connectivity index (χ2v) is 6.10. The van der Waals surface area contributed by atoms with E-state index in [4.69, 9.17) is 18.9 Å². The van der Waals surface area contributed by atoms with Crippen molar-refractivity contribution < 1.29 is 28.8 Å². The van der Waals surface area contributed by atoms with Crippen LogP contribution in [0.5, 0.6) is 0 Å². The summed E-state index contributed by atoms with van der Waals surface area (Å²) in [4.78, 5) is 11.9. The number of aliphatic hydroxyl groups excluding tert-OH is 1. The highest BCUT2D eigenvalue weighted by Gasteiger charge is 2.54. The van der Waals surface area contributed by atoms with E-state index in [1.807, 2.05) is 19.1 Å². The maximum Gasteiger partial charge on any atom is 0.338 e. The Morgan fingerprint density at radius 3 is 2.59 bits per heavy atom. The molecule has 1 aromatic carbocycles. The lowest BCUT2D eigenvalue weighted by molar-refractivity contribution is -0.218. The van der Waals surface area contributed by atoms with Crippen molar-refractivity contribution in [2.75, 3.05) is 6.61 Å². The van der Waals surface area contributed by atoms with Crippen LogP contribution in [0.3, 0.4) is 0 Å². The molecule has 3 rings (SSSR count). The highest BCUT2D eigenvalue weighted by molar-refractivity contribution is 5.89. The Labute approximate surface area is 128 Å². The van der Waals surface area contributed by atoms with Gasteiger partial charge in [0.05, 0.1) is 5.56 Å². The van der Waals surface area contributed by atoms with Crippen LogP contribution >= 0.6 is 0 Å². The lowest BCUT2D eigenvalue weighted by Gasteiger charge is -2.22. The fourth-order valence-corrected chi connectivity index (χ4v) is 2.63. The molecule has 0 spiro atoms. The first kappa shape index (κ1) is 15.4. The van der Waals surface area contributed by atoms with Crippen LogP contribution in [0.15, 0.2) is 24.3 Å². The van der Waals surface area contributed by atoms with Gasteiger partial charge < -0.3 is 24.1 Å². The third-order valence-electron chi connectivity index (χ3n) is 3.78. The number of aryl methyl sites for hydroxylation is 1. The Kier molecular flexibility index (Phi) is 3.94. The number of hydrogen-bond donors (Lipinski definition) is 1. The zero-order valence-corrected chi connectivity index (χ0v) is 12.8. The molecule has 0 amide bonds. The van der Waals surface area contributed by atoms with Crippen molar-refractivity contribution in [1.29, 1.82) is 0 Å². The van der Waals surface area contributed by atoms with Crippen LogP contribution in [0.1, 0.15) is 29.8 Å². The van der Waals surface area contributed by atoms with Crippen LogP contribution < -0.4 is 0 Å². The van der Waals surface area contributed by atoms with E-state index in [2.05, 4.69) is 0 Å². The summed E-state index contributed by atoms with van der Waals surface area (Å²) in [6.07, 6.45) is -2.73. The number of carbonyl (C=O) groups excluding carboxylic acids is 1. The Hall–Kier alpha value is -1.47. The highest BCUT2D eigenvalue weighted by Crippen LogP contribution is 2.37. The molecule has 2 aliphatic rings. The number of carbonyl (C=O) groups is 1. The van der Waals surface area contributed by atoms with Gasteiger partial charge in [0.1, 0.15) is 24.9 Å². The summed E-state index contributed by atoms with van der Waals surface area (Å²) in [5, 5.41) is 10.2. The lowest BCUT2D eigenvalue weighted by atomic mass is 10.1. The molecule has 0 saturated carbocycles. The number of aliphatic hydroxyl groups is 1. The van der Waals surface area contributed by atoms with E-state index in [0.29, 0.717) is 5.56 Å². The van der Waals surface area contributed by atoms with E-state index in [-0.39, 0.29) is 6.61 Å². The van der Waals surface area contributed by atoms with Crippen molar-refractivity contribution >= 4 is 5.97 Å². The maximum atomic E-state index is 11.9. The highest BCUT2D eigenvalue weighted by atomic mass is 16.8. The number of esters is 1. The van der Waals surface area contributed by atoms with Gasteiger partial charge in [-0.25, -0.2) is 4.79 Å². The van der Waals surface area contributed by atoms with Gasteiger partial charge in [-0.05, 0) is 32.9 Å². The van der Waals surface area contributed by atoms with Gasteiger partial charge in [-0.1, -0.05) is 17.7 Å². The molecule has 22 heavy (non-hydrogen) atoms. The third-order valence-corrected chi connectivity index (χ3v) is 3.78. The first-order valence-corrected chi connectivity index (χ1v) is 7.29. The standard InChI is InChI=1S/C16H20O6/c1-9-4-6-10(7-5-9)14(18)19-8-11-12(17)13-15(20-11)22-16(2,3)21-13/h4-7,11-13,15,17H,8H2,1-3H3/t11-,12+,13-,15+/m1/s1. The summed E-state index contributed by atoms with van der Waals surface area (Å²) in [5.41, 5.74) is 1.53. The molecule has 0 aromatic heterocycles. The van der Waals surface area contributed by atoms with Gasteiger partial charge in [-0.2, -0.15) is 0 Å². The van der Waals surface area contributed by atoms with Crippen molar-refractivity contribution in [2.45, 2.75) is 51.2 Å². The molecule has 6 nitrogen and oxygen atoms in total. The van der Waals surface area contributed by atoms with E-state index >= 15 is 0 Å². The Morgan fingerprint density at radius 2 is 1.95 bits per heavy atom. The first-order valence-electron chi connectivity index (χ1n) is 7.29. The van der Waals surface area contributed by atoms with Crippen molar-refractivity contribution in [2.24, 2.45) is 0 Å². The van der Waals surface area contributed by atoms with E-state index in [0.717, 1.165) is 5.56 Å². The fraction of sp³-hybridized carbons (Fsp3) is 0.562. The molecular formula is C16H20O6. The van der Waals surface area contributed by atoms with Gasteiger partial charge in [0.25, 0.3) is 0 Å². The van der Waals surface area contributed by atoms with Crippen LogP contribution in [-0.4, -0.2) is 48.1 Å². The summed E-state index contributed by atoms with van der Waals surface area (Å²) >= 11 is 0. The number of ether oxygens (including phenoxy) is 4. The number of rotatable bonds is 3. The average molecular weight is 308 g/mol. The molecule has 0 radical (unpaired) electrons. The quantitative estimate of drug-likeness (QED) is 0.851. The normalized spacial score (nSPS) is 32.7. The Bertz CT molecular complexity index is 552. The summed E-state index contributed by atoms with van der Waals surface area (Å²) in [6.45, 7) is 5.41. The first-order chi connectivity index (χ1) is 10.4. The molecule has 2 heterocycles. The molecule has 6 heteroatoms. The molecule has 0 aliphatic carbocycles. The minimum atomic E-state index is -0.891. The van der Waals surface area contributed by atoms with Crippen LogP contribution in [0.4, 0.5) is 0 Å². The molecular weight excluding hydrogens is 288 g/mol. The molecule has 120 valence electrons. The summed E-state index contributed by atoms with van der Waals surface area (Å²) in [6, 6.07) is 7.08. The molecule has 0 bridgehead atoms. The number of hydrogen-bond acceptors (Lipinski definition) is 6. The van der Waals surface area contributed by atoms with Gasteiger partial charge in [0.15, 0.2) is 12.1 Å². The number of fused-ring (bicyclic) bond motifs is 1. The summed E-state index contributed by atoms with van der Waals surface area (Å²) in [7, 11) is 0. The molecule has 0 unspecified atom stereocenters. The minimum Gasteiger partial charge on any atom is -0.459 e. The van der Waals surface area contributed by atoms with Crippen molar-refractivity contribution in [3.63, 3.8) is 0 Å². The topological polar surface area (TPSA) is 74.2 Å². The van der Waals surface area contributed by atoms with Gasteiger partial charge in [-0.15, -0.1) is 0 Å². The van der Waals surface area contributed by atoms with Crippen molar-refractivity contribution in [3.8, 4) is 0 Å². The predicted octanol–water partition coefficient (Wildman–Crippen LogP) is 1.39. The van der Waals surface area contributed by atoms with E-state index in [1.54, 1.807) is 26.0 Å². The van der Waals surface area contributed by atoms with Gasteiger partial charge in [-0.3, -0.25) is 0 Å². The van der Waals surface area contributed by atoms with E-state index in [9.17, 15) is 9.90 Å². The molecule has 2 fully saturated rings. The smallest absolute Gasteiger partial charge is 0.338 e. The number of benzene rings is 1. The molecule has 4 atom stereocenters. The Balaban J connectivity index is 1.55. The monoisotopic (exact) mass is 308 g/mol. The van der Waals surface area contributed by atoms with Crippen LogP contribution in [0, 0.1) is 6.92 Å². The Morgan fingerprint density at radius 1 is 1.27 bits per heavy atom. The fourth-order valence-electron chi connectivity index (χ4n) is 2.63. The second kappa shape index (κ2) is 5.62.